The maximum absolute atomic E-state index is 13.1. The van der Waals surface area contributed by atoms with Crippen LogP contribution in [0.25, 0.3) is 11.8 Å². The Morgan fingerprint density at radius 2 is 1.87 bits per heavy atom. The maximum Gasteiger partial charge on any atom is 0.331 e. The maximum atomic E-state index is 13.1. The van der Waals surface area contributed by atoms with E-state index in [1.807, 2.05) is 26.0 Å². The van der Waals surface area contributed by atoms with Crippen molar-refractivity contribution in [2.24, 2.45) is 0 Å². The fourth-order valence-electron chi connectivity index (χ4n) is 2.86. The Balaban J connectivity index is 1.62. The fraction of sp³-hybridized carbons (Fsp3) is 0.174. The number of anilines is 1. The SMILES string of the molecule is Cc1cccc(NC(=O)COC(=O)/C=C/c2c(C)nn(-c3ccc(F)cc3)c2Cl)c1C. The van der Waals surface area contributed by atoms with Gasteiger partial charge in [0, 0.05) is 17.3 Å². The minimum atomic E-state index is -0.693. The normalized spacial score (nSPS) is 11.0. The minimum Gasteiger partial charge on any atom is -0.452 e. The second-order valence-corrected chi connectivity index (χ2v) is 7.27. The van der Waals surface area contributed by atoms with E-state index in [1.54, 1.807) is 25.1 Å². The van der Waals surface area contributed by atoms with Crippen LogP contribution in [0.15, 0.2) is 48.5 Å². The molecule has 0 aliphatic heterocycles. The van der Waals surface area contributed by atoms with E-state index in [4.69, 9.17) is 16.3 Å². The average molecular weight is 442 g/mol. The van der Waals surface area contributed by atoms with Crippen LogP contribution in [0.5, 0.6) is 0 Å². The van der Waals surface area contributed by atoms with Gasteiger partial charge in [-0.25, -0.2) is 13.9 Å². The molecule has 1 N–H and O–H groups in total. The zero-order valence-electron chi connectivity index (χ0n) is 17.3. The standard InChI is InChI=1S/C23H21ClFN3O3/c1-14-5-4-6-20(15(14)2)26-21(29)13-31-22(30)12-11-19-16(3)27-28(23(19)24)18-9-7-17(25)8-10-18/h4-12H,13H2,1-3H3,(H,26,29)/b12-11+. The predicted molar refractivity (Wildman–Crippen MR) is 118 cm³/mol. The summed E-state index contributed by atoms with van der Waals surface area (Å²) in [6, 6.07) is 11.3. The lowest BCUT2D eigenvalue weighted by molar-refractivity contribution is -0.142. The number of halogens is 2. The number of rotatable bonds is 6. The van der Waals surface area contributed by atoms with E-state index in [1.165, 1.54) is 29.0 Å². The van der Waals surface area contributed by atoms with Gasteiger partial charge in [-0.05, 0) is 68.3 Å². The van der Waals surface area contributed by atoms with Crippen LogP contribution in [0, 0.1) is 26.6 Å². The quantitative estimate of drug-likeness (QED) is 0.441. The van der Waals surface area contributed by atoms with Crippen LogP contribution in [0.4, 0.5) is 10.1 Å². The van der Waals surface area contributed by atoms with Crippen LogP contribution >= 0.6 is 11.6 Å². The average Bonchev–Trinajstić information content (AvgIpc) is 3.02. The van der Waals surface area contributed by atoms with Gasteiger partial charge < -0.3 is 10.1 Å². The van der Waals surface area contributed by atoms with Crippen molar-refractivity contribution in [2.75, 3.05) is 11.9 Å². The van der Waals surface area contributed by atoms with E-state index in [0.717, 1.165) is 11.1 Å². The monoisotopic (exact) mass is 441 g/mol. The molecule has 1 aromatic heterocycles. The van der Waals surface area contributed by atoms with E-state index < -0.39 is 18.5 Å². The first-order chi connectivity index (χ1) is 14.8. The van der Waals surface area contributed by atoms with Gasteiger partial charge in [0.25, 0.3) is 5.91 Å². The van der Waals surface area contributed by atoms with Gasteiger partial charge >= 0.3 is 5.97 Å². The van der Waals surface area contributed by atoms with E-state index in [2.05, 4.69) is 10.4 Å². The minimum absolute atomic E-state index is 0.265. The van der Waals surface area contributed by atoms with Crippen LogP contribution in [-0.2, 0) is 14.3 Å². The van der Waals surface area contributed by atoms with Gasteiger partial charge in [0.2, 0.25) is 0 Å². The van der Waals surface area contributed by atoms with Crippen molar-refractivity contribution in [3.8, 4) is 5.69 Å². The number of nitrogens with one attached hydrogen (secondary N) is 1. The molecule has 0 saturated heterocycles. The number of carbonyl (C=O) groups excluding carboxylic acids is 2. The van der Waals surface area contributed by atoms with Crippen LogP contribution < -0.4 is 5.32 Å². The molecule has 1 amide bonds. The Labute approximate surface area is 184 Å². The molecule has 8 heteroatoms. The topological polar surface area (TPSA) is 73.2 Å². The van der Waals surface area contributed by atoms with Gasteiger partial charge in [0.1, 0.15) is 11.0 Å². The Morgan fingerprint density at radius 3 is 2.58 bits per heavy atom. The first-order valence-corrected chi connectivity index (χ1v) is 9.86. The number of aromatic nitrogens is 2. The number of hydrogen-bond acceptors (Lipinski definition) is 4. The summed E-state index contributed by atoms with van der Waals surface area (Å²) < 4.78 is 19.6. The van der Waals surface area contributed by atoms with E-state index in [0.29, 0.717) is 22.6 Å². The lowest BCUT2D eigenvalue weighted by atomic mass is 10.1. The van der Waals surface area contributed by atoms with E-state index >= 15 is 0 Å². The second-order valence-electron chi connectivity index (χ2n) is 6.91. The van der Waals surface area contributed by atoms with Crippen molar-refractivity contribution in [3.63, 3.8) is 0 Å². The fourth-order valence-corrected chi connectivity index (χ4v) is 3.20. The number of hydrogen-bond donors (Lipinski definition) is 1. The van der Waals surface area contributed by atoms with Gasteiger partial charge in [-0.1, -0.05) is 23.7 Å². The molecule has 0 spiro atoms. The molecule has 2 aromatic carbocycles. The molecule has 3 rings (SSSR count). The summed E-state index contributed by atoms with van der Waals surface area (Å²) in [5.41, 5.74) is 4.34. The second kappa shape index (κ2) is 9.57. The summed E-state index contributed by atoms with van der Waals surface area (Å²) in [5, 5.41) is 7.31. The molecule has 3 aromatic rings. The van der Waals surface area contributed by atoms with Gasteiger partial charge in [-0.2, -0.15) is 5.10 Å². The van der Waals surface area contributed by atoms with Crippen molar-refractivity contribution >= 4 is 35.2 Å². The molecule has 31 heavy (non-hydrogen) atoms. The number of ether oxygens (including phenoxy) is 1. The van der Waals surface area contributed by atoms with Crippen molar-refractivity contribution in [2.45, 2.75) is 20.8 Å². The van der Waals surface area contributed by atoms with Gasteiger partial charge in [-0.15, -0.1) is 0 Å². The van der Waals surface area contributed by atoms with Crippen LogP contribution in [-0.4, -0.2) is 28.3 Å². The molecule has 0 fully saturated rings. The largest absolute Gasteiger partial charge is 0.452 e. The third-order valence-corrected chi connectivity index (χ3v) is 5.09. The number of carbonyl (C=O) groups is 2. The Morgan fingerprint density at radius 1 is 1.16 bits per heavy atom. The zero-order chi connectivity index (χ0) is 22.5. The van der Waals surface area contributed by atoms with Crippen molar-refractivity contribution in [1.82, 2.24) is 9.78 Å². The smallest absolute Gasteiger partial charge is 0.331 e. The van der Waals surface area contributed by atoms with Crippen LogP contribution in [0.3, 0.4) is 0 Å². The van der Waals surface area contributed by atoms with Crippen molar-refractivity contribution in [3.05, 3.63) is 81.9 Å². The first-order valence-electron chi connectivity index (χ1n) is 9.48. The highest BCUT2D eigenvalue weighted by atomic mass is 35.5. The molecular weight excluding hydrogens is 421 g/mol. The number of amides is 1. The summed E-state index contributed by atoms with van der Waals surface area (Å²) in [5.74, 6) is -1.50. The summed E-state index contributed by atoms with van der Waals surface area (Å²) in [7, 11) is 0. The molecule has 0 aliphatic carbocycles. The van der Waals surface area contributed by atoms with E-state index in [-0.39, 0.29) is 11.0 Å². The molecule has 0 unspecified atom stereocenters. The molecule has 1 heterocycles. The van der Waals surface area contributed by atoms with E-state index in [9.17, 15) is 14.0 Å². The Bertz CT molecular complexity index is 1150. The molecule has 0 atom stereocenters. The zero-order valence-corrected chi connectivity index (χ0v) is 18.0. The van der Waals surface area contributed by atoms with Crippen LogP contribution in [0.1, 0.15) is 22.4 Å². The molecule has 0 aliphatic rings. The lowest BCUT2D eigenvalue weighted by Gasteiger charge is -2.10. The molecule has 160 valence electrons. The van der Waals surface area contributed by atoms with Crippen molar-refractivity contribution in [1.29, 1.82) is 0 Å². The lowest BCUT2D eigenvalue weighted by Crippen LogP contribution is -2.20. The summed E-state index contributed by atoms with van der Waals surface area (Å²) in [6.45, 7) is 5.16. The van der Waals surface area contributed by atoms with Gasteiger partial charge in [-0.3, -0.25) is 4.79 Å². The highest BCUT2D eigenvalue weighted by Crippen LogP contribution is 2.25. The van der Waals surface area contributed by atoms with Crippen LogP contribution in [0.2, 0.25) is 5.15 Å². The first kappa shape index (κ1) is 22.2. The Hall–Kier alpha value is -3.45. The van der Waals surface area contributed by atoms with Crippen molar-refractivity contribution < 1.29 is 18.7 Å². The molecule has 0 saturated carbocycles. The number of nitrogens with zero attached hydrogens (tertiary/aromatic N) is 2. The molecule has 0 bridgehead atoms. The highest BCUT2D eigenvalue weighted by Gasteiger charge is 2.14. The number of aryl methyl sites for hydroxylation is 2. The molecule has 0 radical (unpaired) electrons. The predicted octanol–water partition coefficient (Wildman–Crippen LogP) is 4.79. The highest BCUT2D eigenvalue weighted by molar-refractivity contribution is 6.31. The Kier molecular flexibility index (Phi) is 6.87. The molecule has 6 nitrogen and oxygen atoms in total. The number of esters is 1. The third kappa shape index (κ3) is 5.38. The summed E-state index contributed by atoms with van der Waals surface area (Å²) in [6.07, 6.45) is 2.64. The van der Waals surface area contributed by atoms with Gasteiger partial charge in [0.05, 0.1) is 11.4 Å². The number of benzene rings is 2. The molecular formula is C23H21ClFN3O3. The van der Waals surface area contributed by atoms with Gasteiger partial charge in [0.15, 0.2) is 6.61 Å². The summed E-state index contributed by atoms with van der Waals surface area (Å²) >= 11 is 6.37. The summed E-state index contributed by atoms with van der Waals surface area (Å²) in [4.78, 5) is 24.1. The third-order valence-electron chi connectivity index (χ3n) is 4.73.